The molecule has 1 aromatic heterocycles. The van der Waals surface area contributed by atoms with Crippen molar-refractivity contribution in [2.45, 2.75) is 12.1 Å². The second-order valence-corrected chi connectivity index (χ2v) is 6.55. The third-order valence-corrected chi connectivity index (χ3v) is 4.47. The molecular formula is C15H17ClN4O3S. The zero-order valence-electron chi connectivity index (χ0n) is 13.1. The second kappa shape index (κ2) is 7.87. The highest BCUT2D eigenvalue weighted by atomic mass is 35.5. The van der Waals surface area contributed by atoms with Crippen LogP contribution in [-0.2, 0) is 9.53 Å². The summed E-state index contributed by atoms with van der Waals surface area (Å²) in [6, 6.07) is 5.49. The van der Waals surface area contributed by atoms with Gasteiger partial charge in [-0.1, -0.05) is 23.4 Å². The molecule has 0 aliphatic carbocycles. The van der Waals surface area contributed by atoms with Gasteiger partial charge in [0.15, 0.2) is 0 Å². The van der Waals surface area contributed by atoms with Gasteiger partial charge in [-0.25, -0.2) is 0 Å². The molecule has 1 amide bonds. The van der Waals surface area contributed by atoms with E-state index in [1.165, 1.54) is 11.8 Å². The lowest BCUT2D eigenvalue weighted by molar-refractivity contribution is -0.113. The Hall–Kier alpha value is -1.77. The molecule has 7 nitrogen and oxygen atoms in total. The molecule has 2 heterocycles. The molecule has 0 bridgehead atoms. The molecule has 0 atom stereocenters. The number of benzene rings is 1. The van der Waals surface area contributed by atoms with E-state index in [1.807, 2.05) is 12.1 Å². The smallest absolute Gasteiger partial charge is 0.277 e. The average Bonchev–Trinajstić information content (AvgIpc) is 2.99. The van der Waals surface area contributed by atoms with Crippen LogP contribution in [0.4, 0.5) is 11.4 Å². The number of carbonyl (C=O) groups is 1. The number of nitrogens with one attached hydrogen (secondary N) is 1. The van der Waals surface area contributed by atoms with Crippen molar-refractivity contribution in [3.8, 4) is 0 Å². The summed E-state index contributed by atoms with van der Waals surface area (Å²) in [5.41, 5.74) is 1.63. The number of ether oxygens (including phenoxy) is 1. The summed E-state index contributed by atoms with van der Waals surface area (Å²) in [6.07, 6.45) is 0. The highest BCUT2D eigenvalue weighted by Crippen LogP contribution is 2.30. The van der Waals surface area contributed by atoms with Gasteiger partial charge >= 0.3 is 0 Å². The molecule has 1 aromatic carbocycles. The van der Waals surface area contributed by atoms with Crippen LogP contribution in [-0.4, -0.2) is 48.2 Å². The van der Waals surface area contributed by atoms with Gasteiger partial charge in [0.1, 0.15) is 0 Å². The van der Waals surface area contributed by atoms with Crippen LogP contribution in [0.5, 0.6) is 0 Å². The minimum Gasteiger partial charge on any atom is -0.416 e. The first-order valence-electron chi connectivity index (χ1n) is 7.47. The van der Waals surface area contributed by atoms with Crippen molar-refractivity contribution in [1.82, 2.24) is 10.2 Å². The maximum atomic E-state index is 12.2. The first kappa shape index (κ1) is 17.1. The third kappa shape index (κ3) is 4.40. The molecular weight excluding hydrogens is 352 g/mol. The van der Waals surface area contributed by atoms with Gasteiger partial charge in [0.25, 0.3) is 5.22 Å². The fraction of sp³-hybridized carbons (Fsp3) is 0.400. The number of carbonyl (C=O) groups excluding carboxylic acids is 1. The van der Waals surface area contributed by atoms with Crippen LogP contribution in [0.15, 0.2) is 27.8 Å². The molecule has 1 fully saturated rings. The summed E-state index contributed by atoms with van der Waals surface area (Å²) in [5, 5.41) is 11.4. The number of anilines is 2. The number of morpholine rings is 1. The molecule has 0 spiro atoms. The summed E-state index contributed by atoms with van der Waals surface area (Å²) in [7, 11) is 0. The van der Waals surface area contributed by atoms with E-state index in [9.17, 15) is 4.79 Å². The van der Waals surface area contributed by atoms with Gasteiger partial charge < -0.3 is 19.4 Å². The maximum absolute atomic E-state index is 12.2. The molecule has 128 valence electrons. The van der Waals surface area contributed by atoms with Gasteiger partial charge in [-0.15, -0.1) is 10.2 Å². The molecule has 1 N–H and O–H groups in total. The Labute approximate surface area is 148 Å². The number of hydrogen-bond acceptors (Lipinski definition) is 7. The van der Waals surface area contributed by atoms with E-state index in [0.29, 0.717) is 35.0 Å². The summed E-state index contributed by atoms with van der Waals surface area (Å²) >= 11 is 7.28. The van der Waals surface area contributed by atoms with Crippen molar-refractivity contribution < 1.29 is 13.9 Å². The Morgan fingerprint density at radius 1 is 1.38 bits per heavy atom. The number of aromatic nitrogens is 2. The van der Waals surface area contributed by atoms with Crippen molar-refractivity contribution in [2.75, 3.05) is 42.3 Å². The Balaban J connectivity index is 1.66. The molecule has 1 saturated heterocycles. The first-order chi connectivity index (χ1) is 11.6. The number of thioether (sulfide) groups is 1. The molecule has 2 aromatic rings. The maximum Gasteiger partial charge on any atom is 0.277 e. The number of nitrogens with zero attached hydrogens (tertiary/aromatic N) is 3. The molecule has 0 saturated carbocycles. The average molecular weight is 369 g/mol. The van der Waals surface area contributed by atoms with Crippen molar-refractivity contribution in [3.63, 3.8) is 0 Å². The highest BCUT2D eigenvalue weighted by Gasteiger charge is 2.17. The van der Waals surface area contributed by atoms with Crippen molar-refractivity contribution >= 4 is 40.6 Å². The number of aryl methyl sites for hydroxylation is 1. The molecule has 9 heteroatoms. The molecule has 3 rings (SSSR count). The lowest BCUT2D eigenvalue weighted by atomic mass is 10.2. The van der Waals surface area contributed by atoms with E-state index in [1.54, 1.807) is 13.0 Å². The zero-order valence-corrected chi connectivity index (χ0v) is 14.7. The fourth-order valence-corrected chi connectivity index (χ4v) is 3.12. The summed E-state index contributed by atoms with van der Waals surface area (Å²) in [4.78, 5) is 14.4. The van der Waals surface area contributed by atoms with Crippen molar-refractivity contribution in [2.24, 2.45) is 0 Å². The van der Waals surface area contributed by atoms with Crippen LogP contribution in [0.1, 0.15) is 5.89 Å². The minimum atomic E-state index is -0.160. The lowest BCUT2D eigenvalue weighted by Crippen LogP contribution is -2.36. The van der Waals surface area contributed by atoms with E-state index in [-0.39, 0.29) is 11.7 Å². The summed E-state index contributed by atoms with van der Waals surface area (Å²) in [6.45, 7) is 4.60. The van der Waals surface area contributed by atoms with Gasteiger partial charge in [-0.05, 0) is 18.2 Å². The van der Waals surface area contributed by atoms with Crippen LogP contribution in [0.25, 0.3) is 0 Å². The third-order valence-electron chi connectivity index (χ3n) is 3.42. The monoisotopic (exact) mass is 368 g/mol. The highest BCUT2D eigenvalue weighted by molar-refractivity contribution is 7.99. The summed E-state index contributed by atoms with van der Waals surface area (Å²) in [5.74, 6) is 0.492. The standard InChI is InChI=1S/C15H17ClN4O3S/c1-10-18-19-15(23-10)24-9-14(21)17-12-8-11(16)2-3-13(12)20-4-6-22-7-5-20/h2-3,8H,4-7,9H2,1H3,(H,17,21). The number of amides is 1. The first-order valence-corrected chi connectivity index (χ1v) is 8.83. The molecule has 1 aliphatic heterocycles. The summed E-state index contributed by atoms with van der Waals surface area (Å²) < 4.78 is 10.6. The Kier molecular flexibility index (Phi) is 5.60. The zero-order chi connectivity index (χ0) is 16.9. The Morgan fingerprint density at radius 2 is 2.17 bits per heavy atom. The van der Waals surface area contributed by atoms with E-state index in [2.05, 4.69) is 20.4 Å². The van der Waals surface area contributed by atoms with Gasteiger partial charge in [0.05, 0.1) is 30.3 Å². The normalized spacial score (nSPS) is 14.7. The molecule has 1 aliphatic rings. The lowest BCUT2D eigenvalue weighted by Gasteiger charge is -2.30. The van der Waals surface area contributed by atoms with E-state index in [0.717, 1.165) is 18.8 Å². The predicted octanol–water partition coefficient (Wildman–Crippen LogP) is 2.60. The number of rotatable bonds is 5. The quantitative estimate of drug-likeness (QED) is 0.812. The van der Waals surface area contributed by atoms with E-state index >= 15 is 0 Å². The predicted molar refractivity (Wildman–Crippen MR) is 92.9 cm³/mol. The van der Waals surface area contributed by atoms with E-state index < -0.39 is 0 Å². The van der Waals surface area contributed by atoms with Gasteiger partial charge in [-0.3, -0.25) is 4.79 Å². The van der Waals surface area contributed by atoms with Gasteiger partial charge in [0.2, 0.25) is 11.8 Å². The topological polar surface area (TPSA) is 80.5 Å². The van der Waals surface area contributed by atoms with Crippen LogP contribution in [0.3, 0.4) is 0 Å². The molecule has 0 radical (unpaired) electrons. The minimum absolute atomic E-state index is 0.160. The van der Waals surface area contributed by atoms with Crippen molar-refractivity contribution in [3.05, 3.63) is 29.1 Å². The fourth-order valence-electron chi connectivity index (χ4n) is 2.34. The van der Waals surface area contributed by atoms with Gasteiger partial charge in [0, 0.05) is 25.0 Å². The number of hydrogen-bond donors (Lipinski definition) is 1. The largest absolute Gasteiger partial charge is 0.416 e. The Morgan fingerprint density at radius 3 is 2.88 bits per heavy atom. The van der Waals surface area contributed by atoms with Gasteiger partial charge in [-0.2, -0.15) is 0 Å². The second-order valence-electron chi connectivity index (χ2n) is 5.18. The molecule has 0 unspecified atom stereocenters. The van der Waals surface area contributed by atoms with E-state index in [4.69, 9.17) is 20.8 Å². The molecule has 24 heavy (non-hydrogen) atoms. The van der Waals surface area contributed by atoms with Crippen LogP contribution in [0, 0.1) is 6.92 Å². The number of halogens is 1. The SMILES string of the molecule is Cc1nnc(SCC(=O)Nc2cc(Cl)ccc2N2CCOCC2)o1. The van der Waals surface area contributed by atoms with Crippen LogP contribution in [0.2, 0.25) is 5.02 Å². The van der Waals surface area contributed by atoms with Crippen LogP contribution >= 0.6 is 23.4 Å². The van der Waals surface area contributed by atoms with Crippen LogP contribution < -0.4 is 10.2 Å². The Bertz CT molecular complexity index is 718. The van der Waals surface area contributed by atoms with Crippen molar-refractivity contribution in [1.29, 1.82) is 0 Å².